The fourth-order valence-corrected chi connectivity index (χ4v) is 2.28. The minimum Gasteiger partial charge on any atom is -0.370 e. The van der Waals surface area contributed by atoms with Crippen LogP contribution in [0, 0.1) is 0 Å². The average molecular weight is 316 g/mol. The Kier molecular flexibility index (Phi) is 5.19. The molecule has 2 aromatic rings. The molecule has 23 heavy (non-hydrogen) atoms. The lowest BCUT2D eigenvalue weighted by Crippen LogP contribution is -2.44. The average Bonchev–Trinajstić information content (AvgIpc) is 2.93. The molecule has 0 radical (unpaired) electrons. The molecule has 0 saturated carbocycles. The number of nitrogens with two attached hydrogens (primary N) is 3. The minimum atomic E-state index is -0.773. The molecule has 2 amide bonds. The quantitative estimate of drug-likeness (QED) is 0.273. The van der Waals surface area contributed by atoms with Crippen LogP contribution in [0.1, 0.15) is 23.2 Å². The number of nitrogens with zero attached hydrogens (tertiary/aromatic N) is 1. The van der Waals surface area contributed by atoms with Crippen LogP contribution >= 0.6 is 0 Å². The lowest BCUT2D eigenvalue weighted by Gasteiger charge is -2.14. The van der Waals surface area contributed by atoms with Crippen molar-refractivity contribution in [3.8, 4) is 0 Å². The van der Waals surface area contributed by atoms with E-state index in [-0.39, 0.29) is 11.9 Å². The van der Waals surface area contributed by atoms with Crippen LogP contribution in [0.25, 0.3) is 10.9 Å². The SMILES string of the molecule is NC(=O)[C@H](CCCN=C(N)N)NC(=O)c1c[nH]c2ccccc12. The zero-order valence-corrected chi connectivity index (χ0v) is 12.6. The summed E-state index contributed by atoms with van der Waals surface area (Å²) in [7, 11) is 0. The van der Waals surface area contributed by atoms with Gasteiger partial charge in [-0.1, -0.05) is 18.2 Å². The Hall–Kier alpha value is -3.03. The van der Waals surface area contributed by atoms with Gasteiger partial charge in [-0.25, -0.2) is 0 Å². The van der Waals surface area contributed by atoms with Gasteiger partial charge in [0.1, 0.15) is 6.04 Å². The Morgan fingerprint density at radius 3 is 2.65 bits per heavy atom. The number of hydrogen-bond donors (Lipinski definition) is 5. The first kappa shape index (κ1) is 16.3. The van der Waals surface area contributed by atoms with Crippen molar-refractivity contribution >= 4 is 28.7 Å². The van der Waals surface area contributed by atoms with Gasteiger partial charge in [0, 0.05) is 23.6 Å². The first-order valence-corrected chi connectivity index (χ1v) is 7.20. The second kappa shape index (κ2) is 7.30. The standard InChI is InChI=1S/C15H20N6O2/c16-13(22)12(6-3-7-19-15(17)18)21-14(23)10-8-20-11-5-2-1-4-9(10)11/h1-2,4-5,8,12,20H,3,6-7H2,(H2,16,22)(H,21,23)(H4,17,18,19)/t12-/m0/s1. The zero-order chi connectivity index (χ0) is 16.8. The molecule has 122 valence electrons. The number of nitrogens with one attached hydrogen (secondary N) is 2. The van der Waals surface area contributed by atoms with Crippen molar-refractivity contribution in [1.29, 1.82) is 0 Å². The molecule has 1 atom stereocenters. The molecule has 1 heterocycles. The Labute approximate surface area is 133 Å². The number of benzene rings is 1. The molecule has 0 saturated heterocycles. The molecule has 2 rings (SSSR count). The van der Waals surface area contributed by atoms with E-state index in [4.69, 9.17) is 17.2 Å². The largest absolute Gasteiger partial charge is 0.370 e. The number of aromatic nitrogens is 1. The normalized spacial score (nSPS) is 11.8. The van der Waals surface area contributed by atoms with Gasteiger partial charge < -0.3 is 27.5 Å². The number of primary amides is 1. The van der Waals surface area contributed by atoms with Gasteiger partial charge in [0.15, 0.2) is 5.96 Å². The van der Waals surface area contributed by atoms with Crippen molar-refractivity contribution in [2.24, 2.45) is 22.2 Å². The van der Waals surface area contributed by atoms with Gasteiger partial charge in [-0.2, -0.15) is 0 Å². The molecular formula is C15H20N6O2. The van der Waals surface area contributed by atoms with Crippen molar-refractivity contribution < 1.29 is 9.59 Å². The highest BCUT2D eigenvalue weighted by Crippen LogP contribution is 2.17. The van der Waals surface area contributed by atoms with Crippen molar-refractivity contribution in [3.05, 3.63) is 36.0 Å². The van der Waals surface area contributed by atoms with Crippen LogP contribution in [-0.4, -0.2) is 35.3 Å². The van der Waals surface area contributed by atoms with Gasteiger partial charge in [0.2, 0.25) is 5.91 Å². The van der Waals surface area contributed by atoms with Crippen LogP contribution in [0.3, 0.4) is 0 Å². The van der Waals surface area contributed by atoms with Crippen LogP contribution < -0.4 is 22.5 Å². The van der Waals surface area contributed by atoms with Crippen molar-refractivity contribution in [3.63, 3.8) is 0 Å². The number of carbonyl (C=O) groups is 2. The summed E-state index contributed by atoms with van der Waals surface area (Å²) in [4.78, 5) is 30.7. The van der Waals surface area contributed by atoms with Crippen LogP contribution in [0.15, 0.2) is 35.5 Å². The molecule has 1 aromatic heterocycles. The molecule has 0 bridgehead atoms. The third kappa shape index (κ3) is 4.22. The maximum Gasteiger partial charge on any atom is 0.254 e. The van der Waals surface area contributed by atoms with Crippen LogP contribution in [0.4, 0.5) is 0 Å². The van der Waals surface area contributed by atoms with E-state index >= 15 is 0 Å². The summed E-state index contributed by atoms with van der Waals surface area (Å²) in [5.41, 5.74) is 17.1. The van der Waals surface area contributed by atoms with E-state index < -0.39 is 11.9 Å². The van der Waals surface area contributed by atoms with Crippen LogP contribution in [0.5, 0.6) is 0 Å². The molecule has 8 heteroatoms. The summed E-state index contributed by atoms with van der Waals surface area (Å²) in [6, 6.07) is 6.64. The summed E-state index contributed by atoms with van der Waals surface area (Å²) in [5.74, 6) is -0.959. The van der Waals surface area contributed by atoms with Crippen molar-refractivity contribution in [2.75, 3.05) is 6.54 Å². The number of aliphatic imine (C=N–C) groups is 1. The number of hydrogen-bond acceptors (Lipinski definition) is 3. The highest BCUT2D eigenvalue weighted by molar-refractivity contribution is 6.07. The lowest BCUT2D eigenvalue weighted by molar-refractivity contribution is -0.120. The molecule has 0 aliphatic carbocycles. The van der Waals surface area contributed by atoms with E-state index in [2.05, 4.69) is 15.3 Å². The number of carbonyl (C=O) groups excluding carboxylic acids is 2. The monoisotopic (exact) mass is 316 g/mol. The fourth-order valence-electron chi connectivity index (χ4n) is 2.28. The molecule has 0 aliphatic rings. The Morgan fingerprint density at radius 2 is 1.96 bits per heavy atom. The van der Waals surface area contributed by atoms with Gasteiger partial charge >= 0.3 is 0 Å². The Bertz CT molecular complexity index is 732. The number of fused-ring (bicyclic) bond motifs is 1. The number of amides is 2. The summed E-state index contributed by atoms with van der Waals surface area (Å²) in [5, 5.41) is 3.44. The van der Waals surface area contributed by atoms with E-state index in [1.807, 2.05) is 24.3 Å². The highest BCUT2D eigenvalue weighted by atomic mass is 16.2. The predicted octanol–water partition coefficient (Wildman–Crippen LogP) is -0.195. The van der Waals surface area contributed by atoms with Gasteiger partial charge in [-0.15, -0.1) is 0 Å². The van der Waals surface area contributed by atoms with E-state index in [0.29, 0.717) is 24.9 Å². The van der Waals surface area contributed by atoms with Crippen LogP contribution in [0.2, 0.25) is 0 Å². The maximum atomic E-state index is 12.4. The third-order valence-electron chi connectivity index (χ3n) is 3.43. The highest BCUT2D eigenvalue weighted by Gasteiger charge is 2.20. The molecule has 0 fully saturated rings. The van der Waals surface area contributed by atoms with Crippen molar-refractivity contribution in [1.82, 2.24) is 10.3 Å². The zero-order valence-electron chi connectivity index (χ0n) is 12.6. The second-order valence-corrected chi connectivity index (χ2v) is 5.13. The molecule has 0 aliphatic heterocycles. The second-order valence-electron chi connectivity index (χ2n) is 5.13. The minimum absolute atomic E-state index is 0.0107. The van der Waals surface area contributed by atoms with E-state index in [0.717, 1.165) is 10.9 Å². The van der Waals surface area contributed by atoms with E-state index in [9.17, 15) is 9.59 Å². The molecule has 0 unspecified atom stereocenters. The van der Waals surface area contributed by atoms with Crippen molar-refractivity contribution in [2.45, 2.75) is 18.9 Å². The Balaban J connectivity index is 2.03. The molecule has 8 nitrogen and oxygen atoms in total. The summed E-state index contributed by atoms with van der Waals surface area (Å²) < 4.78 is 0. The molecule has 1 aromatic carbocycles. The van der Waals surface area contributed by atoms with E-state index in [1.54, 1.807) is 6.20 Å². The molecule has 8 N–H and O–H groups in total. The molecular weight excluding hydrogens is 296 g/mol. The number of rotatable bonds is 7. The number of H-pyrrole nitrogens is 1. The van der Waals surface area contributed by atoms with Gasteiger partial charge in [0.05, 0.1) is 5.56 Å². The van der Waals surface area contributed by atoms with Gasteiger partial charge in [-0.05, 0) is 18.9 Å². The Morgan fingerprint density at radius 1 is 1.22 bits per heavy atom. The number of aromatic amines is 1. The fraction of sp³-hybridized carbons (Fsp3) is 0.267. The lowest BCUT2D eigenvalue weighted by atomic mass is 10.1. The summed E-state index contributed by atoms with van der Waals surface area (Å²) >= 11 is 0. The predicted molar refractivity (Wildman–Crippen MR) is 88.7 cm³/mol. The van der Waals surface area contributed by atoms with E-state index in [1.165, 1.54) is 0 Å². The summed E-state index contributed by atoms with van der Waals surface area (Å²) in [6.45, 7) is 0.370. The van der Waals surface area contributed by atoms with Crippen LogP contribution in [-0.2, 0) is 4.79 Å². The topological polar surface area (TPSA) is 152 Å². The van der Waals surface area contributed by atoms with Gasteiger partial charge in [0.25, 0.3) is 5.91 Å². The summed E-state index contributed by atoms with van der Waals surface area (Å²) in [6.07, 6.45) is 2.50. The molecule has 0 spiro atoms. The third-order valence-corrected chi connectivity index (χ3v) is 3.43. The smallest absolute Gasteiger partial charge is 0.254 e. The first-order valence-electron chi connectivity index (χ1n) is 7.20. The number of para-hydroxylation sites is 1. The van der Waals surface area contributed by atoms with Gasteiger partial charge in [-0.3, -0.25) is 14.6 Å². The maximum absolute atomic E-state index is 12.4. The number of guanidine groups is 1. The first-order chi connectivity index (χ1) is 11.0.